The Hall–Kier alpha value is -2.32. The molecule has 2 aromatic carbocycles. The Labute approximate surface area is 187 Å². The van der Waals surface area contributed by atoms with Gasteiger partial charge in [0, 0.05) is 10.5 Å². The van der Waals surface area contributed by atoms with Crippen molar-refractivity contribution in [3.8, 4) is 11.5 Å². The number of carbonyl (C=O) groups excluding carboxylic acids is 2. The van der Waals surface area contributed by atoms with Gasteiger partial charge in [-0.15, -0.1) is 0 Å². The van der Waals surface area contributed by atoms with Gasteiger partial charge in [-0.3, -0.25) is 14.5 Å². The molecular formula is C22H21BrFNO4S. The number of benzene rings is 2. The van der Waals surface area contributed by atoms with E-state index in [2.05, 4.69) is 15.9 Å². The van der Waals surface area contributed by atoms with Crippen LogP contribution in [-0.4, -0.2) is 28.7 Å². The van der Waals surface area contributed by atoms with Gasteiger partial charge in [0.15, 0.2) is 11.5 Å². The van der Waals surface area contributed by atoms with Crippen LogP contribution in [0, 0.1) is 5.82 Å². The summed E-state index contributed by atoms with van der Waals surface area (Å²) >= 11 is 4.43. The molecule has 1 aliphatic rings. The summed E-state index contributed by atoms with van der Waals surface area (Å²) in [4.78, 5) is 26.3. The highest BCUT2D eigenvalue weighted by molar-refractivity contribution is 9.10. The largest absolute Gasteiger partial charge is 0.490 e. The average molecular weight is 494 g/mol. The smallest absolute Gasteiger partial charge is 0.293 e. The molecule has 30 heavy (non-hydrogen) atoms. The Kier molecular flexibility index (Phi) is 7.20. The maximum Gasteiger partial charge on any atom is 0.293 e. The van der Waals surface area contributed by atoms with Crippen molar-refractivity contribution in [3.05, 3.63) is 62.7 Å². The second-order valence-electron chi connectivity index (χ2n) is 6.81. The van der Waals surface area contributed by atoms with Crippen LogP contribution in [0.2, 0.25) is 0 Å². The Bertz CT molecular complexity index is 991. The van der Waals surface area contributed by atoms with E-state index in [1.54, 1.807) is 44.2 Å². The average Bonchev–Trinajstić information content (AvgIpc) is 2.97. The maximum absolute atomic E-state index is 13.1. The molecule has 1 heterocycles. The van der Waals surface area contributed by atoms with Crippen LogP contribution in [0.25, 0.3) is 6.08 Å². The van der Waals surface area contributed by atoms with Crippen LogP contribution in [0.1, 0.15) is 31.9 Å². The van der Waals surface area contributed by atoms with Gasteiger partial charge in [0.05, 0.1) is 11.5 Å². The molecule has 8 heteroatoms. The van der Waals surface area contributed by atoms with E-state index in [4.69, 9.17) is 9.47 Å². The number of amides is 2. The SMILES string of the molecule is CCOc1cc(/C=C2/SC(=O)N(C(C)C)C2=O)c(Br)cc1OCc1ccc(F)cc1. The lowest BCUT2D eigenvalue weighted by Gasteiger charge is -2.16. The number of ether oxygens (including phenoxy) is 2. The van der Waals surface area contributed by atoms with Crippen molar-refractivity contribution in [2.45, 2.75) is 33.4 Å². The van der Waals surface area contributed by atoms with E-state index in [1.165, 1.54) is 17.0 Å². The number of hydrogen-bond donors (Lipinski definition) is 0. The summed E-state index contributed by atoms with van der Waals surface area (Å²) in [7, 11) is 0. The third-order valence-electron chi connectivity index (χ3n) is 4.30. The zero-order chi connectivity index (χ0) is 21.8. The van der Waals surface area contributed by atoms with Crippen molar-refractivity contribution in [2.24, 2.45) is 0 Å². The Balaban J connectivity index is 1.86. The molecule has 2 amide bonds. The summed E-state index contributed by atoms with van der Waals surface area (Å²) in [6.07, 6.45) is 1.67. The Morgan fingerprint density at radius 2 is 1.80 bits per heavy atom. The first-order valence-electron chi connectivity index (χ1n) is 9.40. The third kappa shape index (κ3) is 5.05. The van der Waals surface area contributed by atoms with E-state index in [1.807, 2.05) is 6.92 Å². The second kappa shape index (κ2) is 9.66. The molecule has 0 radical (unpaired) electrons. The number of imide groups is 1. The van der Waals surface area contributed by atoms with Crippen LogP contribution < -0.4 is 9.47 Å². The summed E-state index contributed by atoms with van der Waals surface area (Å²) in [6.45, 7) is 6.14. The van der Waals surface area contributed by atoms with E-state index < -0.39 is 0 Å². The minimum Gasteiger partial charge on any atom is -0.490 e. The minimum atomic E-state index is -0.304. The first-order valence-corrected chi connectivity index (χ1v) is 11.0. The van der Waals surface area contributed by atoms with Crippen LogP contribution in [-0.2, 0) is 11.4 Å². The number of halogens is 2. The number of nitrogens with zero attached hydrogens (tertiary/aromatic N) is 1. The minimum absolute atomic E-state index is 0.201. The highest BCUT2D eigenvalue weighted by Gasteiger charge is 2.36. The van der Waals surface area contributed by atoms with Crippen molar-refractivity contribution < 1.29 is 23.5 Å². The van der Waals surface area contributed by atoms with Crippen LogP contribution >= 0.6 is 27.7 Å². The molecule has 5 nitrogen and oxygen atoms in total. The highest BCUT2D eigenvalue weighted by Crippen LogP contribution is 2.38. The van der Waals surface area contributed by atoms with Gasteiger partial charge < -0.3 is 9.47 Å². The Morgan fingerprint density at radius 1 is 1.13 bits per heavy atom. The van der Waals surface area contributed by atoms with Crippen LogP contribution in [0.3, 0.4) is 0 Å². The zero-order valence-electron chi connectivity index (χ0n) is 16.8. The number of carbonyl (C=O) groups is 2. The fourth-order valence-electron chi connectivity index (χ4n) is 2.85. The summed E-state index contributed by atoms with van der Waals surface area (Å²) in [5.41, 5.74) is 1.52. The van der Waals surface area contributed by atoms with Crippen molar-refractivity contribution in [3.63, 3.8) is 0 Å². The van der Waals surface area contributed by atoms with Gasteiger partial charge in [0.2, 0.25) is 0 Å². The second-order valence-corrected chi connectivity index (χ2v) is 8.66. The number of hydrogen-bond acceptors (Lipinski definition) is 5. The van der Waals surface area contributed by atoms with Gasteiger partial charge in [-0.25, -0.2) is 4.39 Å². The molecule has 0 aliphatic carbocycles. The van der Waals surface area contributed by atoms with Crippen molar-refractivity contribution in [2.75, 3.05) is 6.61 Å². The van der Waals surface area contributed by atoms with E-state index in [0.717, 1.165) is 17.3 Å². The van der Waals surface area contributed by atoms with E-state index in [-0.39, 0.29) is 29.6 Å². The molecule has 1 fully saturated rings. The highest BCUT2D eigenvalue weighted by atomic mass is 79.9. The fraction of sp³-hybridized carbons (Fsp3) is 0.273. The van der Waals surface area contributed by atoms with Crippen LogP contribution in [0.15, 0.2) is 45.8 Å². The molecule has 0 atom stereocenters. The summed E-state index contributed by atoms with van der Waals surface area (Å²) in [6, 6.07) is 9.39. The first kappa shape index (κ1) is 22.4. The van der Waals surface area contributed by atoms with Crippen molar-refractivity contribution in [1.29, 1.82) is 0 Å². The number of thioether (sulfide) groups is 1. The maximum atomic E-state index is 13.1. The lowest BCUT2D eigenvalue weighted by Crippen LogP contribution is -2.34. The molecule has 0 unspecified atom stereocenters. The molecule has 1 saturated heterocycles. The molecule has 3 rings (SSSR count). The van der Waals surface area contributed by atoms with Crippen molar-refractivity contribution >= 4 is 44.9 Å². The van der Waals surface area contributed by atoms with Crippen LogP contribution in [0.5, 0.6) is 11.5 Å². The van der Waals surface area contributed by atoms with Gasteiger partial charge in [0.1, 0.15) is 12.4 Å². The van der Waals surface area contributed by atoms with Gasteiger partial charge in [-0.1, -0.05) is 28.1 Å². The van der Waals surface area contributed by atoms with E-state index in [9.17, 15) is 14.0 Å². The summed E-state index contributed by atoms with van der Waals surface area (Å²) in [5, 5.41) is -0.276. The van der Waals surface area contributed by atoms with E-state index >= 15 is 0 Å². The molecule has 0 N–H and O–H groups in total. The topological polar surface area (TPSA) is 55.8 Å². The summed E-state index contributed by atoms with van der Waals surface area (Å²) < 4.78 is 25.4. The predicted molar refractivity (Wildman–Crippen MR) is 119 cm³/mol. The molecule has 0 spiro atoms. The number of rotatable bonds is 7. The van der Waals surface area contributed by atoms with Crippen LogP contribution in [0.4, 0.5) is 9.18 Å². The van der Waals surface area contributed by atoms with Crippen molar-refractivity contribution in [1.82, 2.24) is 4.90 Å². The fourth-order valence-corrected chi connectivity index (χ4v) is 4.24. The zero-order valence-corrected chi connectivity index (χ0v) is 19.2. The lowest BCUT2D eigenvalue weighted by atomic mass is 10.1. The predicted octanol–water partition coefficient (Wildman–Crippen LogP) is 6.01. The third-order valence-corrected chi connectivity index (χ3v) is 5.87. The Morgan fingerprint density at radius 3 is 2.40 bits per heavy atom. The summed E-state index contributed by atoms with van der Waals surface area (Å²) in [5.74, 6) is 0.418. The molecule has 0 saturated carbocycles. The normalized spacial score (nSPS) is 15.4. The molecule has 158 valence electrons. The van der Waals surface area contributed by atoms with E-state index in [0.29, 0.717) is 33.0 Å². The molecular weight excluding hydrogens is 473 g/mol. The molecule has 1 aliphatic heterocycles. The lowest BCUT2D eigenvalue weighted by molar-refractivity contribution is -0.123. The molecule has 0 aromatic heterocycles. The van der Waals surface area contributed by atoms with Gasteiger partial charge in [0.25, 0.3) is 11.1 Å². The standard InChI is InChI=1S/C22H21BrFNO4S/c1-4-28-18-9-15(10-20-21(26)25(13(2)3)22(27)30-20)17(23)11-19(18)29-12-14-5-7-16(24)8-6-14/h5-11,13H,4,12H2,1-3H3/b20-10+. The monoisotopic (exact) mass is 493 g/mol. The first-order chi connectivity index (χ1) is 14.3. The molecule has 0 bridgehead atoms. The van der Waals surface area contributed by atoms with Gasteiger partial charge in [-0.05, 0) is 74.0 Å². The quantitative estimate of drug-likeness (QED) is 0.442. The van der Waals surface area contributed by atoms with Gasteiger partial charge in [-0.2, -0.15) is 0 Å². The molecule has 2 aromatic rings. The van der Waals surface area contributed by atoms with Gasteiger partial charge >= 0.3 is 0 Å².